The predicted octanol–water partition coefficient (Wildman–Crippen LogP) is 4.89. The van der Waals surface area contributed by atoms with E-state index in [1.165, 1.54) is 43.5 Å². The fourth-order valence-corrected chi connectivity index (χ4v) is 3.65. The molecular weight excluding hydrogens is 356 g/mol. The van der Waals surface area contributed by atoms with Crippen LogP contribution in [0.3, 0.4) is 0 Å². The number of halogens is 3. The van der Waals surface area contributed by atoms with Crippen LogP contribution in [0, 0.1) is 11.6 Å². The predicted molar refractivity (Wildman–Crippen MR) is 103 cm³/mol. The second kappa shape index (κ2) is 9.45. The van der Waals surface area contributed by atoms with Gasteiger partial charge in [-0.1, -0.05) is 30.7 Å². The lowest BCUT2D eigenvalue weighted by molar-refractivity contribution is 0.0637. The zero-order valence-corrected chi connectivity index (χ0v) is 15.7. The summed E-state index contributed by atoms with van der Waals surface area (Å²) in [5.74, 6) is -0.669. The summed E-state index contributed by atoms with van der Waals surface area (Å²) in [6.45, 7) is 3.17. The zero-order valence-electron chi connectivity index (χ0n) is 14.8. The number of benzene rings is 2. The molecule has 1 N–H and O–H groups in total. The normalized spacial score (nSPS) is 15.5. The molecule has 0 amide bonds. The van der Waals surface area contributed by atoms with Crippen LogP contribution in [0.1, 0.15) is 43.2 Å². The topological polar surface area (TPSA) is 23.5 Å². The Balaban J connectivity index is 0.00000243. The van der Waals surface area contributed by atoms with Crippen LogP contribution in [0.5, 0.6) is 0 Å². The lowest BCUT2D eigenvalue weighted by Crippen LogP contribution is -2.33. The fourth-order valence-electron chi connectivity index (χ4n) is 3.65. The molecule has 1 aliphatic rings. The number of nitrogens with zero attached hydrogens (tertiary/aromatic N) is 1. The van der Waals surface area contributed by atoms with Gasteiger partial charge in [0.25, 0.3) is 0 Å². The number of piperidine rings is 1. The monoisotopic (exact) mass is 381 g/mol. The Morgan fingerprint density at radius 1 is 0.808 bits per heavy atom. The van der Waals surface area contributed by atoms with E-state index in [0.29, 0.717) is 17.5 Å². The first-order valence-electron chi connectivity index (χ1n) is 9.05. The smallest absolute Gasteiger partial charge is 0.123 e. The van der Waals surface area contributed by atoms with Crippen molar-refractivity contribution in [2.45, 2.75) is 37.7 Å². The molecule has 0 aromatic heterocycles. The van der Waals surface area contributed by atoms with Crippen LogP contribution in [0.25, 0.3) is 0 Å². The molecule has 26 heavy (non-hydrogen) atoms. The van der Waals surface area contributed by atoms with E-state index in [-0.39, 0.29) is 24.0 Å². The van der Waals surface area contributed by atoms with Gasteiger partial charge in [-0.15, -0.1) is 12.4 Å². The lowest BCUT2D eigenvalue weighted by Gasteiger charge is -2.32. The van der Waals surface area contributed by atoms with Crippen LogP contribution in [-0.4, -0.2) is 29.6 Å². The maximum absolute atomic E-state index is 13.3. The molecule has 2 aromatic carbocycles. The molecule has 1 aliphatic heterocycles. The highest BCUT2D eigenvalue weighted by Gasteiger charge is 2.31. The summed E-state index contributed by atoms with van der Waals surface area (Å²) in [7, 11) is 0. The quantitative estimate of drug-likeness (QED) is 0.770. The Labute approximate surface area is 160 Å². The van der Waals surface area contributed by atoms with E-state index >= 15 is 0 Å². The average Bonchev–Trinajstić information content (AvgIpc) is 2.63. The van der Waals surface area contributed by atoms with E-state index in [1.54, 1.807) is 24.3 Å². The van der Waals surface area contributed by atoms with Gasteiger partial charge in [0, 0.05) is 0 Å². The van der Waals surface area contributed by atoms with Crippen molar-refractivity contribution in [2.24, 2.45) is 0 Å². The number of aliphatic hydroxyl groups is 1. The standard InChI is InChI=1S/C21H25F2NO.ClH/c22-19-9-5-17(6-10-19)21(25,18-7-11-20(23)12-8-18)13-4-16-24-14-2-1-3-15-24;/h5-12,25H,1-4,13-16H2;1H. The summed E-state index contributed by atoms with van der Waals surface area (Å²) in [5, 5.41) is 11.4. The molecule has 2 nitrogen and oxygen atoms in total. The molecule has 2 aromatic rings. The Bertz CT molecular complexity index is 624. The zero-order chi connectivity index (χ0) is 17.7. The van der Waals surface area contributed by atoms with E-state index in [4.69, 9.17) is 0 Å². The third kappa shape index (κ3) is 5.03. The van der Waals surface area contributed by atoms with E-state index < -0.39 is 5.60 Å². The van der Waals surface area contributed by atoms with Crippen LogP contribution in [0.2, 0.25) is 0 Å². The molecule has 0 unspecified atom stereocenters. The Morgan fingerprint density at radius 3 is 1.73 bits per heavy atom. The molecule has 1 heterocycles. The Hall–Kier alpha value is -1.49. The molecule has 0 aliphatic carbocycles. The third-order valence-electron chi connectivity index (χ3n) is 5.11. The van der Waals surface area contributed by atoms with Gasteiger partial charge in [0.15, 0.2) is 0 Å². The summed E-state index contributed by atoms with van der Waals surface area (Å²) in [4.78, 5) is 2.43. The van der Waals surface area contributed by atoms with Crippen molar-refractivity contribution in [1.82, 2.24) is 4.90 Å². The summed E-state index contributed by atoms with van der Waals surface area (Å²) in [5.41, 5.74) is 0.0373. The lowest BCUT2D eigenvalue weighted by atomic mass is 9.82. The van der Waals surface area contributed by atoms with Crippen molar-refractivity contribution < 1.29 is 13.9 Å². The molecular formula is C21H26ClF2NO. The molecule has 1 saturated heterocycles. The van der Waals surface area contributed by atoms with E-state index in [2.05, 4.69) is 4.90 Å². The van der Waals surface area contributed by atoms with Crippen molar-refractivity contribution in [3.05, 3.63) is 71.3 Å². The van der Waals surface area contributed by atoms with Crippen LogP contribution in [-0.2, 0) is 5.60 Å². The van der Waals surface area contributed by atoms with Crippen LogP contribution in [0.15, 0.2) is 48.5 Å². The average molecular weight is 382 g/mol. The van der Waals surface area contributed by atoms with E-state index in [1.807, 2.05) is 0 Å². The number of hydrogen-bond donors (Lipinski definition) is 1. The molecule has 0 bridgehead atoms. The fraction of sp³-hybridized carbons (Fsp3) is 0.429. The molecule has 142 valence electrons. The first-order chi connectivity index (χ1) is 12.1. The second-order valence-electron chi connectivity index (χ2n) is 6.88. The van der Waals surface area contributed by atoms with Gasteiger partial charge in [0.2, 0.25) is 0 Å². The maximum Gasteiger partial charge on any atom is 0.123 e. The van der Waals surface area contributed by atoms with Gasteiger partial charge in [-0.3, -0.25) is 0 Å². The highest BCUT2D eigenvalue weighted by atomic mass is 35.5. The van der Waals surface area contributed by atoms with Gasteiger partial charge in [-0.2, -0.15) is 0 Å². The second-order valence-corrected chi connectivity index (χ2v) is 6.88. The van der Waals surface area contributed by atoms with E-state index in [9.17, 15) is 13.9 Å². The Morgan fingerprint density at radius 2 is 1.27 bits per heavy atom. The van der Waals surface area contributed by atoms with Crippen LogP contribution in [0.4, 0.5) is 8.78 Å². The van der Waals surface area contributed by atoms with Gasteiger partial charge in [-0.05, 0) is 80.7 Å². The minimum atomic E-state index is -1.24. The molecule has 3 rings (SSSR count). The third-order valence-corrected chi connectivity index (χ3v) is 5.11. The first kappa shape index (κ1) is 20.8. The molecule has 5 heteroatoms. The SMILES string of the molecule is Cl.OC(CCCN1CCCCC1)(c1ccc(F)cc1)c1ccc(F)cc1. The summed E-state index contributed by atoms with van der Waals surface area (Å²) >= 11 is 0. The molecule has 0 atom stereocenters. The van der Waals surface area contributed by atoms with Crippen molar-refractivity contribution >= 4 is 12.4 Å². The van der Waals surface area contributed by atoms with Gasteiger partial charge >= 0.3 is 0 Å². The minimum Gasteiger partial charge on any atom is -0.380 e. The highest BCUT2D eigenvalue weighted by molar-refractivity contribution is 5.85. The summed E-state index contributed by atoms with van der Waals surface area (Å²) in [6.07, 6.45) is 5.11. The highest BCUT2D eigenvalue weighted by Crippen LogP contribution is 2.34. The number of hydrogen-bond acceptors (Lipinski definition) is 2. The summed E-state index contributed by atoms with van der Waals surface area (Å²) < 4.78 is 26.6. The van der Waals surface area contributed by atoms with Crippen molar-refractivity contribution in [1.29, 1.82) is 0 Å². The van der Waals surface area contributed by atoms with Gasteiger partial charge in [-0.25, -0.2) is 8.78 Å². The van der Waals surface area contributed by atoms with Gasteiger partial charge in [0.1, 0.15) is 17.2 Å². The van der Waals surface area contributed by atoms with Crippen LogP contribution < -0.4 is 0 Å². The molecule has 0 saturated carbocycles. The van der Waals surface area contributed by atoms with Crippen molar-refractivity contribution in [3.63, 3.8) is 0 Å². The largest absolute Gasteiger partial charge is 0.380 e. The van der Waals surface area contributed by atoms with Crippen molar-refractivity contribution in [3.8, 4) is 0 Å². The first-order valence-corrected chi connectivity index (χ1v) is 9.05. The molecule has 0 spiro atoms. The molecule has 1 fully saturated rings. The maximum atomic E-state index is 13.3. The molecule has 0 radical (unpaired) electrons. The number of rotatable bonds is 6. The van der Waals surface area contributed by atoms with Crippen molar-refractivity contribution in [2.75, 3.05) is 19.6 Å². The van der Waals surface area contributed by atoms with Gasteiger partial charge < -0.3 is 10.0 Å². The Kier molecular flexibility index (Phi) is 7.56. The number of likely N-dealkylation sites (tertiary alicyclic amines) is 1. The van der Waals surface area contributed by atoms with E-state index in [0.717, 1.165) is 26.1 Å². The summed E-state index contributed by atoms with van der Waals surface area (Å²) in [6, 6.07) is 11.9. The van der Waals surface area contributed by atoms with Crippen LogP contribution >= 0.6 is 12.4 Å². The minimum absolute atomic E-state index is 0. The van der Waals surface area contributed by atoms with Gasteiger partial charge in [0.05, 0.1) is 0 Å².